The van der Waals surface area contributed by atoms with Gasteiger partial charge in [-0.15, -0.1) is 0 Å². The van der Waals surface area contributed by atoms with Crippen LogP contribution in [0, 0.1) is 6.92 Å². The second-order valence-corrected chi connectivity index (χ2v) is 9.05. The number of fused-ring (bicyclic) bond motifs is 2. The number of amides is 3. The van der Waals surface area contributed by atoms with Gasteiger partial charge < -0.3 is 19.7 Å². The van der Waals surface area contributed by atoms with E-state index in [-0.39, 0.29) is 12.4 Å². The largest absolute Gasteiger partial charge is 0.497 e. The summed E-state index contributed by atoms with van der Waals surface area (Å²) in [7, 11) is 1.56. The number of hydrogen-bond donors (Lipinski definition) is 4. The molecule has 0 aliphatic carbocycles. The van der Waals surface area contributed by atoms with E-state index in [9.17, 15) is 14.7 Å². The molecule has 3 aromatic carbocycles. The third-order valence-electron chi connectivity index (χ3n) is 6.87. The maximum atomic E-state index is 13.1. The highest BCUT2D eigenvalue weighted by atomic mass is 16.5. The van der Waals surface area contributed by atoms with Gasteiger partial charge in [0.2, 0.25) is 0 Å². The van der Waals surface area contributed by atoms with Crippen LogP contribution < -0.4 is 15.4 Å². The van der Waals surface area contributed by atoms with Gasteiger partial charge in [-0.3, -0.25) is 15.2 Å². The van der Waals surface area contributed by atoms with Crippen LogP contribution in [0.5, 0.6) is 11.6 Å². The molecule has 180 valence electrons. The zero-order valence-corrected chi connectivity index (χ0v) is 19.6. The van der Waals surface area contributed by atoms with Crippen LogP contribution in [0.25, 0.3) is 32.8 Å². The number of urea groups is 1. The number of hydrogen-bond acceptors (Lipinski definition) is 5. The van der Waals surface area contributed by atoms with E-state index in [1.807, 2.05) is 37.3 Å². The highest BCUT2D eigenvalue weighted by Crippen LogP contribution is 2.36. The van der Waals surface area contributed by atoms with Crippen LogP contribution in [0.15, 0.2) is 67.0 Å². The number of carbonyl (C=O) groups excluding carboxylic acids is 2. The number of aromatic amines is 1. The highest BCUT2D eigenvalue weighted by Gasteiger charge is 2.48. The number of carbonyl (C=O) groups is 2. The lowest BCUT2D eigenvalue weighted by molar-refractivity contribution is -0.124. The fraction of sp³-hybridized carbons (Fsp3) is 0.148. The first-order valence-electron chi connectivity index (χ1n) is 11.4. The summed E-state index contributed by atoms with van der Waals surface area (Å²) in [5.74, 6) is 0.111. The lowest BCUT2D eigenvalue weighted by atomic mass is 9.88. The Morgan fingerprint density at radius 1 is 1.03 bits per heavy atom. The van der Waals surface area contributed by atoms with Gasteiger partial charge in [-0.25, -0.2) is 4.79 Å². The average molecular weight is 482 g/mol. The minimum absolute atomic E-state index is 0.00678. The fourth-order valence-corrected chi connectivity index (χ4v) is 4.98. The minimum atomic E-state index is -1.39. The van der Waals surface area contributed by atoms with Crippen LogP contribution in [0.3, 0.4) is 0 Å². The second kappa shape index (κ2) is 7.88. The molecule has 0 spiro atoms. The number of H-pyrrole nitrogens is 1. The van der Waals surface area contributed by atoms with Gasteiger partial charge in [0.1, 0.15) is 5.75 Å². The van der Waals surface area contributed by atoms with Crippen LogP contribution in [0.2, 0.25) is 0 Å². The number of benzene rings is 3. The quantitative estimate of drug-likeness (QED) is 0.283. The Kier molecular flexibility index (Phi) is 4.75. The molecule has 6 rings (SSSR count). The molecule has 4 N–H and O–H groups in total. The summed E-state index contributed by atoms with van der Waals surface area (Å²) in [4.78, 5) is 25.4. The Bertz CT molecular complexity index is 1670. The molecule has 1 atom stereocenters. The third kappa shape index (κ3) is 3.28. The molecule has 36 heavy (non-hydrogen) atoms. The minimum Gasteiger partial charge on any atom is -0.497 e. The Morgan fingerprint density at radius 2 is 1.83 bits per heavy atom. The Labute approximate surface area is 205 Å². The first-order chi connectivity index (χ1) is 17.4. The van der Waals surface area contributed by atoms with Crippen LogP contribution in [0.4, 0.5) is 4.79 Å². The van der Waals surface area contributed by atoms with E-state index in [1.54, 1.807) is 36.2 Å². The maximum Gasteiger partial charge on any atom is 0.322 e. The van der Waals surface area contributed by atoms with E-state index >= 15 is 0 Å². The average Bonchev–Trinajstić information content (AvgIpc) is 3.56. The predicted octanol–water partition coefficient (Wildman–Crippen LogP) is 3.94. The van der Waals surface area contributed by atoms with E-state index in [2.05, 4.69) is 33.0 Å². The van der Waals surface area contributed by atoms with E-state index in [1.165, 1.54) is 0 Å². The van der Waals surface area contributed by atoms with Crippen molar-refractivity contribution in [2.75, 3.05) is 7.11 Å². The molecule has 1 aliphatic heterocycles. The summed E-state index contributed by atoms with van der Waals surface area (Å²) in [5.41, 5.74) is 3.27. The van der Waals surface area contributed by atoms with Crippen molar-refractivity contribution < 1.29 is 19.4 Å². The van der Waals surface area contributed by atoms with Crippen molar-refractivity contribution >= 4 is 33.6 Å². The van der Waals surface area contributed by atoms with Gasteiger partial charge in [0.25, 0.3) is 5.91 Å². The summed E-state index contributed by atoms with van der Waals surface area (Å²) in [6, 6.07) is 16.4. The first kappa shape index (κ1) is 21.7. The fourth-order valence-electron chi connectivity index (χ4n) is 4.98. The summed E-state index contributed by atoms with van der Waals surface area (Å²) in [5, 5.41) is 25.6. The van der Waals surface area contributed by atoms with Crippen molar-refractivity contribution in [3.63, 3.8) is 0 Å². The normalized spacial score (nSPS) is 17.5. The van der Waals surface area contributed by atoms with Gasteiger partial charge in [0, 0.05) is 22.4 Å². The Morgan fingerprint density at radius 3 is 2.56 bits per heavy atom. The molecule has 0 bridgehead atoms. The molecule has 9 nitrogen and oxygen atoms in total. The molecule has 1 saturated heterocycles. The zero-order valence-electron chi connectivity index (χ0n) is 19.6. The van der Waals surface area contributed by atoms with Crippen LogP contribution in [0.1, 0.15) is 11.1 Å². The van der Waals surface area contributed by atoms with Crippen LogP contribution in [-0.2, 0) is 16.9 Å². The van der Waals surface area contributed by atoms with Gasteiger partial charge in [-0.2, -0.15) is 5.10 Å². The predicted molar refractivity (Wildman–Crippen MR) is 135 cm³/mol. The van der Waals surface area contributed by atoms with E-state index in [0.29, 0.717) is 16.7 Å². The third-order valence-corrected chi connectivity index (χ3v) is 6.87. The molecule has 0 unspecified atom stereocenters. The lowest BCUT2D eigenvalue weighted by Gasteiger charge is -2.27. The van der Waals surface area contributed by atoms with Gasteiger partial charge in [0.15, 0.2) is 11.4 Å². The Balaban J connectivity index is 1.40. The number of aromatic hydroxyl groups is 1. The van der Waals surface area contributed by atoms with E-state index in [4.69, 9.17) is 4.74 Å². The number of rotatable bonds is 5. The first-order valence-corrected chi connectivity index (χ1v) is 11.4. The number of imide groups is 1. The number of nitrogens with one attached hydrogen (secondary N) is 3. The molecule has 0 radical (unpaired) electrons. The summed E-state index contributed by atoms with van der Waals surface area (Å²) < 4.78 is 6.84. The monoisotopic (exact) mass is 481 g/mol. The molecule has 3 amide bonds. The van der Waals surface area contributed by atoms with Crippen LogP contribution in [-0.4, -0.2) is 38.9 Å². The molecule has 1 fully saturated rings. The SMILES string of the molecule is COc1ccc2cn(C[C@@]3(c4ccc(-c5cc(C)c6[nH]ncc6c5)cc4)NC(=O)NC3=O)c(O)c2c1. The van der Waals surface area contributed by atoms with Crippen molar-refractivity contribution in [1.82, 2.24) is 25.4 Å². The molecule has 0 saturated carbocycles. The van der Waals surface area contributed by atoms with Crippen LogP contribution >= 0.6 is 0 Å². The van der Waals surface area contributed by atoms with Crippen molar-refractivity contribution in [3.8, 4) is 22.8 Å². The van der Waals surface area contributed by atoms with Gasteiger partial charge in [-0.05, 0) is 59.5 Å². The lowest BCUT2D eigenvalue weighted by Crippen LogP contribution is -2.47. The molecule has 9 heteroatoms. The number of aryl methyl sites for hydroxylation is 1. The molecule has 2 aromatic heterocycles. The smallest absolute Gasteiger partial charge is 0.322 e. The van der Waals surface area contributed by atoms with E-state index in [0.717, 1.165) is 33.0 Å². The van der Waals surface area contributed by atoms with Crippen molar-refractivity contribution in [3.05, 3.63) is 78.1 Å². The highest BCUT2D eigenvalue weighted by molar-refractivity contribution is 6.07. The van der Waals surface area contributed by atoms with Gasteiger partial charge in [-0.1, -0.05) is 24.3 Å². The topological polar surface area (TPSA) is 121 Å². The van der Waals surface area contributed by atoms with Crippen molar-refractivity contribution in [2.45, 2.75) is 19.0 Å². The van der Waals surface area contributed by atoms with E-state index < -0.39 is 17.5 Å². The second-order valence-electron chi connectivity index (χ2n) is 9.05. The number of aromatic nitrogens is 3. The zero-order chi connectivity index (χ0) is 25.0. The van der Waals surface area contributed by atoms with Gasteiger partial charge >= 0.3 is 6.03 Å². The standard InChI is InChI=1S/C27H23N5O4/c1-15-9-18(10-19-12-28-31-23(15)19)16-3-6-20(7-4-16)27(25(34)29-26(35)30-27)14-32-13-17-5-8-21(36-2)11-22(17)24(32)33/h3-13,33H,14H2,1-2H3,(H,28,31)(H2,29,30,34,35)/t27-/m0/s1. The molecular weight excluding hydrogens is 458 g/mol. The van der Waals surface area contributed by atoms with Crippen molar-refractivity contribution in [2.24, 2.45) is 0 Å². The molecular formula is C27H23N5O4. The number of ether oxygens (including phenoxy) is 1. The molecule has 5 aromatic rings. The maximum absolute atomic E-state index is 13.1. The van der Waals surface area contributed by atoms with Gasteiger partial charge in [0.05, 0.1) is 25.4 Å². The number of nitrogens with zero attached hydrogens (tertiary/aromatic N) is 2. The summed E-state index contributed by atoms with van der Waals surface area (Å²) >= 11 is 0. The summed E-state index contributed by atoms with van der Waals surface area (Å²) in [6.07, 6.45) is 3.54. The number of methoxy groups -OCH3 is 1. The summed E-state index contributed by atoms with van der Waals surface area (Å²) in [6.45, 7) is 2.03. The Hall–Kier alpha value is -4.79. The molecule has 3 heterocycles. The molecule has 1 aliphatic rings. The van der Waals surface area contributed by atoms with Crippen molar-refractivity contribution in [1.29, 1.82) is 0 Å².